The van der Waals surface area contributed by atoms with Crippen LogP contribution in [0.2, 0.25) is 0 Å². The van der Waals surface area contributed by atoms with Crippen molar-refractivity contribution in [2.45, 2.75) is 12.5 Å². The molecule has 1 unspecified atom stereocenters. The standard InChI is InChI=1S/C13H16N2S/c1-2-4-13-12(3-1)10(9-16-13)7-11-8-14-5-6-15-11/h1-4,9,11,14-15H,5-8H2. The number of fused-ring (bicyclic) bond motifs is 1. The van der Waals surface area contributed by atoms with E-state index >= 15 is 0 Å². The molecule has 0 saturated carbocycles. The molecule has 1 saturated heterocycles. The van der Waals surface area contributed by atoms with E-state index in [0.717, 1.165) is 26.1 Å². The molecule has 0 bridgehead atoms. The van der Waals surface area contributed by atoms with Gasteiger partial charge in [0.1, 0.15) is 0 Å². The van der Waals surface area contributed by atoms with E-state index in [1.165, 1.54) is 15.6 Å². The van der Waals surface area contributed by atoms with Gasteiger partial charge in [0.15, 0.2) is 0 Å². The molecule has 84 valence electrons. The molecule has 2 heterocycles. The summed E-state index contributed by atoms with van der Waals surface area (Å²) in [7, 11) is 0. The molecule has 3 rings (SSSR count). The van der Waals surface area contributed by atoms with Gasteiger partial charge in [-0.2, -0.15) is 0 Å². The van der Waals surface area contributed by atoms with Crippen molar-refractivity contribution in [3.05, 3.63) is 35.2 Å². The van der Waals surface area contributed by atoms with Crippen LogP contribution in [-0.2, 0) is 6.42 Å². The summed E-state index contributed by atoms with van der Waals surface area (Å²) in [5, 5.41) is 10.7. The van der Waals surface area contributed by atoms with Crippen molar-refractivity contribution in [1.29, 1.82) is 0 Å². The maximum Gasteiger partial charge on any atom is 0.0345 e. The summed E-state index contributed by atoms with van der Waals surface area (Å²) in [6.07, 6.45) is 1.14. The Morgan fingerprint density at radius 1 is 1.25 bits per heavy atom. The van der Waals surface area contributed by atoms with Gasteiger partial charge in [0, 0.05) is 30.4 Å². The second-order valence-electron chi connectivity index (χ2n) is 4.32. The van der Waals surface area contributed by atoms with Gasteiger partial charge in [0.2, 0.25) is 0 Å². The van der Waals surface area contributed by atoms with Crippen molar-refractivity contribution < 1.29 is 0 Å². The highest BCUT2D eigenvalue weighted by molar-refractivity contribution is 7.17. The van der Waals surface area contributed by atoms with Crippen LogP contribution in [0.4, 0.5) is 0 Å². The molecule has 0 amide bonds. The molecule has 0 radical (unpaired) electrons. The topological polar surface area (TPSA) is 24.1 Å². The fourth-order valence-electron chi connectivity index (χ4n) is 2.31. The van der Waals surface area contributed by atoms with E-state index < -0.39 is 0 Å². The molecule has 2 aromatic rings. The fourth-order valence-corrected chi connectivity index (χ4v) is 3.29. The van der Waals surface area contributed by atoms with Crippen molar-refractivity contribution in [3.63, 3.8) is 0 Å². The lowest BCUT2D eigenvalue weighted by Crippen LogP contribution is -2.49. The monoisotopic (exact) mass is 232 g/mol. The molecule has 0 spiro atoms. The predicted octanol–water partition coefficient (Wildman–Crippen LogP) is 2.01. The van der Waals surface area contributed by atoms with Crippen molar-refractivity contribution in [3.8, 4) is 0 Å². The first-order valence-corrected chi connectivity index (χ1v) is 6.70. The highest BCUT2D eigenvalue weighted by atomic mass is 32.1. The largest absolute Gasteiger partial charge is 0.314 e. The van der Waals surface area contributed by atoms with Gasteiger partial charge in [-0.3, -0.25) is 0 Å². The van der Waals surface area contributed by atoms with Gasteiger partial charge in [-0.15, -0.1) is 11.3 Å². The first-order valence-electron chi connectivity index (χ1n) is 5.83. The van der Waals surface area contributed by atoms with Gasteiger partial charge in [0.25, 0.3) is 0 Å². The summed E-state index contributed by atoms with van der Waals surface area (Å²) in [5.74, 6) is 0. The Balaban J connectivity index is 1.83. The molecule has 1 aliphatic heterocycles. The molecule has 1 atom stereocenters. The summed E-state index contributed by atoms with van der Waals surface area (Å²) in [4.78, 5) is 0. The second-order valence-corrected chi connectivity index (χ2v) is 5.23. The Morgan fingerprint density at radius 3 is 3.06 bits per heavy atom. The van der Waals surface area contributed by atoms with Crippen LogP contribution in [0, 0.1) is 0 Å². The zero-order valence-electron chi connectivity index (χ0n) is 9.20. The van der Waals surface area contributed by atoms with E-state index in [4.69, 9.17) is 0 Å². The third-order valence-electron chi connectivity index (χ3n) is 3.15. The van der Waals surface area contributed by atoms with Crippen LogP contribution >= 0.6 is 11.3 Å². The Morgan fingerprint density at radius 2 is 2.19 bits per heavy atom. The Hall–Kier alpha value is -0.900. The average molecular weight is 232 g/mol. The predicted molar refractivity (Wildman–Crippen MR) is 70.2 cm³/mol. The number of benzene rings is 1. The number of hydrogen-bond donors (Lipinski definition) is 2. The normalized spacial score (nSPS) is 21.4. The summed E-state index contributed by atoms with van der Waals surface area (Å²) in [6.45, 7) is 3.28. The quantitative estimate of drug-likeness (QED) is 0.827. The average Bonchev–Trinajstić information content (AvgIpc) is 2.74. The van der Waals surface area contributed by atoms with Crippen molar-refractivity contribution in [2.24, 2.45) is 0 Å². The van der Waals surface area contributed by atoms with Crippen LogP contribution < -0.4 is 10.6 Å². The minimum absolute atomic E-state index is 0.590. The zero-order valence-corrected chi connectivity index (χ0v) is 10.0. The number of piperazine rings is 1. The molecule has 1 fully saturated rings. The van der Waals surface area contributed by atoms with Crippen LogP contribution in [0.5, 0.6) is 0 Å². The van der Waals surface area contributed by atoms with E-state index in [1.54, 1.807) is 0 Å². The minimum Gasteiger partial charge on any atom is -0.314 e. The van der Waals surface area contributed by atoms with Crippen molar-refractivity contribution in [1.82, 2.24) is 10.6 Å². The van der Waals surface area contributed by atoms with Crippen LogP contribution in [0.15, 0.2) is 29.6 Å². The summed E-state index contributed by atoms with van der Waals surface area (Å²) >= 11 is 1.85. The van der Waals surface area contributed by atoms with Crippen molar-refractivity contribution in [2.75, 3.05) is 19.6 Å². The fraction of sp³-hybridized carbons (Fsp3) is 0.385. The molecule has 3 heteroatoms. The SMILES string of the molecule is c1ccc2c(CC3CNCCN3)csc2c1. The summed E-state index contributed by atoms with van der Waals surface area (Å²) in [5.41, 5.74) is 1.49. The van der Waals surface area contributed by atoms with Gasteiger partial charge in [-0.25, -0.2) is 0 Å². The number of rotatable bonds is 2. The van der Waals surface area contributed by atoms with Gasteiger partial charge in [-0.1, -0.05) is 18.2 Å². The molecular formula is C13H16N2S. The Kier molecular flexibility index (Phi) is 2.91. The van der Waals surface area contributed by atoms with Crippen LogP contribution in [-0.4, -0.2) is 25.7 Å². The van der Waals surface area contributed by atoms with Gasteiger partial charge in [-0.05, 0) is 28.8 Å². The maximum atomic E-state index is 3.56. The minimum atomic E-state index is 0.590. The number of thiophene rings is 1. The highest BCUT2D eigenvalue weighted by Gasteiger charge is 2.14. The van der Waals surface area contributed by atoms with Crippen molar-refractivity contribution >= 4 is 21.4 Å². The van der Waals surface area contributed by atoms with Gasteiger partial charge >= 0.3 is 0 Å². The molecule has 1 aromatic carbocycles. The van der Waals surface area contributed by atoms with E-state index in [0.29, 0.717) is 6.04 Å². The smallest absolute Gasteiger partial charge is 0.0345 e. The molecular weight excluding hydrogens is 216 g/mol. The molecule has 1 aromatic heterocycles. The third-order valence-corrected chi connectivity index (χ3v) is 4.17. The number of nitrogens with one attached hydrogen (secondary N) is 2. The lowest BCUT2D eigenvalue weighted by molar-refractivity contribution is 0.417. The van der Waals surface area contributed by atoms with Crippen LogP contribution in [0.3, 0.4) is 0 Å². The summed E-state index contributed by atoms with van der Waals surface area (Å²) in [6, 6.07) is 9.27. The second kappa shape index (κ2) is 4.53. The summed E-state index contributed by atoms with van der Waals surface area (Å²) < 4.78 is 1.40. The van der Waals surface area contributed by atoms with E-state index in [2.05, 4.69) is 40.3 Å². The molecule has 16 heavy (non-hydrogen) atoms. The lowest BCUT2D eigenvalue weighted by Gasteiger charge is -2.24. The van der Waals surface area contributed by atoms with Gasteiger partial charge < -0.3 is 10.6 Å². The molecule has 2 nitrogen and oxygen atoms in total. The maximum absolute atomic E-state index is 3.56. The zero-order chi connectivity index (χ0) is 10.8. The van der Waals surface area contributed by atoms with Gasteiger partial charge in [0.05, 0.1) is 0 Å². The van der Waals surface area contributed by atoms with E-state index in [1.807, 2.05) is 11.3 Å². The van der Waals surface area contributed by atoms with E-state index in [-0.39, 0.29) is 0 Å². The molecule has 2 N–H and O–H groups in total. The van der Waals surface area contributed by atoms with Crippen LogP contribution in [0.1, 0.15) is 5.56 Å². The highest BCUT2D eigenvalue weighted by Crippen LogP contribution is 2.26. The third kappa shape index (κ3) is 1.98. The van der Waals surface area contributed by atoms with Crippen LogP contribution in [0.25, 0.3) is 10.1 Å². The number of hydrogen-bond acceptors (Lipinski definition) is 3. The first kappa shape index (κ1) is 10.3. The molecule has 0 aliphatic carbocycles. The lowest BCUT2D eigenvalue weighted by atomic mass is 10.0. The Bertz CT molecular complexity index is 471. The molecule has 1 aliphatic rings. The first-order chi connectivity index (χ1) is 7.93. The Labute approximate surface area is 99.7 Å². The van der Waals surface area contributed by atoms with E-state index in [9.17, 15) is 0 Å².